The van der Waals surface area contributed by atoms with Gasteiger partial charge in [-0.3, -0.25) is 25.0 Å². The lowest BCUT2D eigenvalue weighted by Gasteiger charge is -2.19. The minimum Gasteiger partial charge on any atom is -0.484 e. The van der Waals surface area contributed by atoms with Crippen LogP contribution >= 0.6 is 0 Å². The van der Waals surface area contributed by atoms with E-state index in [2.05, 4.69) is 16.0 Å². The van der Waals surface area contributed by atoms with Gasteiger partial charge in [-0.05, 0) is 30.7 Å². The Kier molecular flexibility index (Phi) is 8.92. The first kappa shape index (κ1) is 23.8. The monoisotopic (exact) mass is 430 g/mol. The minimum absolute atomic E-state index is 0.0809. The van der Waals surface area contributed by atoms with Gasteiger partial charge in [-0.2, -0.15) is 0 Å². The molecule has 0 aromatic heterocycles. The van der Waals surface area contributed by atoms with E-state index in [0.29, 0.717) is 5.69 Å². The number of benzene rings is 2. The smallest absolute Gasteiger partial charge is 0.310 e. The molecule has 2 aromatic rings. The van der Waals surface area contributed by atoms with Crippen LogP contribution in [0.5, 0.6) is 5.75 Å². The van der Waals surface area contributed by atoms with E-state index in [4.69, 9.17) is 4.74 Å². The summed E-state index contributed by atoms with van der Waals surface area (Å²) in [7, 11) is 0. The summed E-state index contributed by atoms with van der Waals surface area (Å²) in [4.78, 5) is 33.6. The van der Waals surface area contributed by atoms with Crippen LogP contribution in [-0.4, -0.2) is 47.3 Å². The van der Waals surface area contributed by atoms with E-state index in [9.17, 15) is 24.8 Å². The van der Waals surface area contributed by atoms with Gasteiger partial charge in [-0.25, -0.2) is 0 Å². The molecule has 0 aliphatic heterocycles. The Bertz CT molecular complexity index is 903. The first-order valence-electron chi connectivity index (χ1n) is 9.68. The van der Waals surface area contributed by atoms with Gasteiger partial charge >= 0.3 is 5.69 Å². The Morgan fingerprint density at radius 1 is 1.16 bits per heavy atom. The number of aliphatic hydroxyl groups is 1. The predicted molar refractivity (Wildman–Crippen MR) is 115 cm³/mol. The largest absolute Gasteiger partial charge is 0.484 e. The molecule has 0 fully saturated rings. The molecule has 2 aromatic carbocycles. The lowest BCUT2D eigenvalue weighted by atomic mass is 10.1. The van der Waals surface area contributed by atoms with Crippen LogP contribution in [0.4, 0.5) is 11.4 Å². The van der Waals surface area contributed by atoms with Gasteiger partial charge in [0.25, 0.3) is 0 Å². The lowest BCUT2D eigenvalue weighted by Crippen LogP contribution is -2.47. The van der Waals surface area contributed by atoms with Gasteiger partial charge < -0.3 is 20.5 Å². The number of nitrogens with one attached hydrogen (secondary N) is 3. The molecule has 0 aliphatic carbocycles. The van der Waals surface area contributed by atoms with Crippen molar-refractivity contribution in [3.8, 4) is 5.75 Å². The van der Waals surface area contributed by atoms with Crippen molar-refractivity contribution in [2.24, 2.45) is 0 Å². The first-order chi connectivity index (χ1) is 14.7. The number of amides is 2. The third kappa shape index (κ3) is 8.41. The third-order valence-corrected chi connectivity index (χ3v) is 4.17. The molecule has 4 N–H and O–H groups in total. The molecule has 0 heterocycles. The average Bonchev–Trinajstić information content (AvgIpc) is 2.71. The van der Waals surface area contributed by atoms with Crippen LogP contribution in [0.25, 0.3) is 0 Å². The number of aliphatic hydroxyl groups excluding tert-OH is 1. The maximum atomic E-state index is 12.2. The zero-order valence-corrected chi connectivity index (χ0v) is 17.3. The molecular weight excluding hydrogens is 404 g/mol. The van der Waals surface area contributed by atoms with Gasteiger partial charge in [0, 0.05) is 25.2 Å². The summed E-state index contributed by atoms with van der Waals surface area (Å²) in [6.07, 6.45) is -1.18. The number of nitro groups is 1. The van der Waals surface area contributed by atoms with E-state index in [1.807, 2.05) is 0 Å². The van der Waals surface area contributed by atoms with Crippen LogP contribution in [0.2, 0.25) is 0 Å². The van der Waals surface area contributed by atoms with E-state index in [0.717, 1.165) is 5.56 Å². The Hall–Kier alpha value is -3.50. The highest BCUT2D eigenvalue weighted by Crippen LogP contribution is 2.25. The van der Waals surface area contributed by atoms with Crippen molar-refractivity contribution in [1.82, 2.24) is 10.6 Å². The molecule has 2 unspecified atom stereocenters. The molecule has 10 heteroatoms. The normalized spacial score (nSPS) is 12.5. The predicted octanol–water partition coefficient (Wildman–Crippen LogP) is 1.59. The SMILES string of the molecule is CC(=O)Nc1ccc(CC(=O)NC(C)NCC(O)COc2ccccc2[N+](=O)[O-])cc1. The van der Waals surface area contributed by atoms with Crippen LogP contribution in [0.15, 0.2) is 48.5 Å². The highest BCUT2D eigenvalue weighted by molar-refractivity contribution is 5.88. The minimum atomic E-state index is -0.930. The fraction of sp³-hybridized carbons (Fsp3) is 0.333. The quantitative estimate of drug-likeness (QED) is 0.241. The second-order valence-electron chi connectivity index (χ2n) is 6.94. The van der Waals surface area contributed by atoms with Gasteiger partial charge in [-0.15, -0.1) is 0 Å². The highest BCUT2D eigenvalue weighted by atomic mass is 16.6. The zero-order valence-electron chi connectivity index (χ0n) is 17.3. The van der Waals surface area contributed by atoms with Crippen LogP contribution in [0, 0.1) is 10.1 Å². The van der Waals surface area contributed by atoms with Gasteiger partial charge in [-0.1, -0.05) is 24.3 Å². The number of nitro benzene ring substituents is 1. The Balaban J connectivity index is 1.72. The van der Waals surface area contributed by atoms with Crippen LogP contribution in [0.3, 0.4) is 0 Å². The molecule has 2 rings (SSSR count). The summed E-state index contributed by atoms with van der Waals surface area (Å²) < 4.78 is 5.34. The van der Waals surface area contributed by atoms with Crippen molar-refractivity contribution in [2.75, 3.05) is 18.5 Å². The van der Waals surface area contributed by atoms with Gasteiger partial charge in [0.1, 0.15) is 12.7 Å². The van der Waals surface area contributed by atoms with Crippen LogP contribution < -0.4 is 20.7 Å². The van der Waals surface area contributed by atoms with Crippen molar-refractivity contribution < 1.29 is 24.4 Å². The number of ether oxygens (including phenoxy) is 1. The first-order valence-corrected chi connectivity index (χ1v) is 9.68. The van der Waals surface area contributed by atoms with Gasteiger partial charge in [0.05, 0.1) is 17.5 Å². The number of carbonyl (C=O) groups is 2. The van der Waals surface area contributed by atoms with Crippen molar-refractivity contribution in [3.05, 3.63) is 64.2 Å². The molecule has 0 saturated heterocycles. The molecular formula is C21H26N4O6. The molecule has 0 aliphatic rings. The van der Waals surface area contributed by atoms with Crippen molar-refractivity contribution in [1.29, 1.82) is 0 Å². The van der Waals surface area contributed by atoms with Gasteiger partial charge in [0.15, 0.2) is 5.75 Å². The van der Waals surface area contributed by atoms with Crippen LogP contribution in [0.1, 0.15) is 19.4 Å². The molecule has 2 atom stereocenters. The van der Waals surface area contributed by atoms with E-state index in [-0.39, 0.29) is 42.8 Å². The summed E-state index contributed by atoms with van der Waals surface area (Å²) in [5.74, 6) is -0.296. The summed E-state index contributed by atoms with van der Waals surface area (Å²) in [5.41, 5.74) is 1.27. The number of anilines is 1. The topological polar surface area (TPSA) is 143 Å². The Labute approximate surface area is 179 Å². The van der Waals surface area contributed by atoms with E-state index in [1.54, 1.807) is 37.3 Å². The second kappa shape index (κ2) is 11.6. The number of hydrogen-bond donors (Lipinski definition) is 4. The summed E-state index contributed by atoms with van der Waals surface area (Å²) in [6, 6.07) is 12.9. The van der Waals surface area contributed by atoms with Crippen molar-refractivity contribution in [2.45, 2.75) is 32.5 Å². The lowest BCUT2D eigenvalue weighted by molar-refractivity contribution is -0.385. The fourth-order valence-electron chi connectivity index (χ4n) is 2.73. The van der Waals surface area contributed by atoms with E-state index >= 15 is 0 Å². The highest BCUT2D eigenvalue weighted by Gasteiger charge is 2.16. The Morgan fingerprint density at radius 2 is 1.84 bits per heavy atom. The number of rotatable bonds is 11. The second-order valence-corrected chi connectivity index (χ2v) is 6.94. The molecule has 0 saturated carbocycles. The average molecular weight is 430 g/mol. The van der Waals surface area contributed by atoms with Gasteiger partial charge in [0.2, 0.25) is 11.8 Å². The van der Waals surface area contributed by atoms with Crippen LogP contribution in [-0.2, 0) is 16.0 Å². The number of hydrogen-bond acceptors (Lipinski definition) is 7. The fourth-order valence-corrected chi connectivity index (χ4v) is 2.73. The maximum Gasteiger partial charge on any atom is 0.310 e. The van der Waals surface area contributed by atoms with Crippen molar-refractivity contribution >= 4 is 23.2 Å². The summed E-state index contributed by atoms with van der Waals surface area (Å²) >= 11 is 0. The van der Waals surface area contributed by atoms with E-state index < -0.39 is 17.2 Å². The number of para-hydroxylation sites is 2. The zero-order chi connectivity index (χ0) is 22.8. The molecule has 31 heavy (non-hydrogen) atoms. The number of carbonyl (C=O) groups excluding carboxylic acids is 2. The molecule has 2 amide bonds. The molecule has 166 valence electrons. The van der Waals surface area contributed by atoms with Crippen molar-refractivity contribution in [3.63, 3.8) is 0 Å². The number of nitrogens with zero attached hydrogens (tertiary/aromatic N) is 1. The Morgan fingerprint density at radius 3 is 2.48 bits per heavy atom. The van der Waals surface area contributed by atoms with E-state index in [1.165, 1.54) is 25.1 Å². The molecule has 0 bridgehead atoms. The molecule has 0 spiro atoms. The molecule has 0 radical (unpaired) electrons. The summed E-state index contributed by atoms with van der Waals surface area (Å²) in [5, 5.41) is 29.4. The third-order valence-electron chi connectivity index (χ3n) is 4.17. The standard InChI is InChI=1S/C21H26N4O6/c1-14(23-21(28)11-16-7-9-17(10-8-16)24-15(2)26)22-12-18(27)13-31-20-6-4-3-5-19(20)25(29)30/h3-10,14,18,22,27H,11-13H2,1-2H3,(H,23,28)(H,24,26). The maximum absolute atomic E-state index is 12.2. The summed E-state index contributed by atoms with van der Waals surface area (Å²) in [6.45, 7) is 3.13. The molecule has 10 nitrogen and oxygen atoms in total.